The minimum atomic E-state index is 0. The molecule has 0 spiro atoms. The van der Waals surface area contributed by atoms with Crippen LogP contribution in [-0.4, -0.2) is 0 Å². The molecule has 2 aromatic carbocycles. The van der Waals surface area contributed by atoms with Crippen molar-refractivity contribution in [3.8, 4) is 0 Å². The molecule has 108 valence electrons. The first-order valence-electron chi connectivity index (χ1n) is 6.54. The monoisotopic (exact) mass is 292 g/mol. The Morgan fingerprint density at radius 1 is 1.00 bits per heavy atom. The van der Waals surface area contributed by atoms with Crippen LogP contribution in [0.15, 0.2) is 12.1 Å². The largest absolute Gasteiger partial charge is 0.999 e. The molecule has 4 rings (SSSR count). The van der Waals surface area contributed by atoms with Crippen LogP contribution < -0.4 is 0 Å². The Hall–Kier alpha value is -0.586. The molecule has 20 heavy (non-hydrogen) atoms. The summed E-state index contributed by atoms with van der Waals surface area (Å²) in [5, 5.41) is 0. The van der Waals surface area contributed by atoms with E-state index in [9.17, 15) is 0 Å². The van der Waals surface area contributed by atoms with Crippen molar-refractivity contribution in [1.29, 1.82) is 0 Å². The third-order valence-electron chi connectivity index (χ3n) is 3.74. The molecule has 0 radical (unpaired) electrons. The van der Waals surface area contributed by atoms with Crippen molar-refractivity contribution in [2.24, 2.45) is 17.3 Å². The average molecular weight is 292 g/mol. The summed E-state index contributed by atoms with van der Waals surface area (Å²) in [6.07, 6.45) is 6.73. The maximum atomic E-state index is 4.11. The molecule has 2 aliphatic carbocycles. The molecular formula is C19H16Ti-12. The van der Waals surface area contributed by atoms with Gasteiger partial charge in [-0.15, -0.1) is 0 Å². The zero-order valence-electron chi connectivity index (χ0n) is 11.7. The van der Waals surface area contributed by atoms with Gasteiger partial charge >= 0.3 is 0 Å². The molecule has 1 heteroatoms. The van der Waals surface area contributed by atoms with Gasteiger partial charge in [-0.3, -0.25) is 5.92 Å². The van der Waals surface area contributed by atoms with Gasteiger partial charge in [-0.1, -0.05) is 32.1 Å². The Morgan fingerprint density at radius 2 is 1.50 bits per heavy atom. The number of hydrogen-bond acceptors (Lipinski definition) is 0. The van der Waals surface area contributed by atoms with Crippen molar-refractivity contribution in [1.82, 2.24) is 0 Å². The topological polar surface area (TPSA) is 0 Å². The van der Waals surface area contributed by atoms with Crippen LogP contribution in [0.2, 0.25) is 0 Å². The molecule has 0 N–H and O–H groups in total. The van der Waals surface area contributed by atoms with Crippen molar-refractivity contribution in [3.05, 3.63) is 74.0 Å². The normalized spacial score (nSPS) is 29.5. The van der Waals surface area contributed by atoms with Crippen molar-refractivity contribution in [2.75, 3.05) is 0 Å². The molecular weight excluding hydrogens is 276 g/mol. The molecule has 3 atom stereocenters. The van der Waals surface area contributed by atoms with E-state index in [1.807, 2.05) is 0 Å². The summed E-state index contributed by atoms with van der Waals surface area (Å²) in [4.78, 5) is 0. The van der Waals surface area contributed by atoms with Gasteiger partial charge < -0.3 is 74.0 Å². The fourth-order valence-electron chi connectivity index (χ4n) is 2.85. The van der Waals surface area contributed by atoms with E-state index in [0.29, 0.717) is 11.3 Å². The maximum Gasteiger partial charge on any atom is 0 e. The van der Waals surface area contributed by atoms with E-state index in [-0.39, 0.29) is 21.7 Å². The van der Waals surface area contributed by atoms with Crippen LogP contribution in [0, 0.1) is 79.1 Å². The molecule has 0 heterocycles. The van der Waals surface area contributed by atoms with E-state index in [1.54, 1.807) is 12.1 Å². The molecule has 2 fully saturated rings. The summed E-state index contributed by atoms with van der Waals surface area (Å²) in [5.74, 6) is 1.61. The first kappa shape index (κ1) is 17.5. The second-order valence-corrected chi connectivity index (χ2v) is 5.35. The second kappa shape index (κ2) is 8.65. The Kier molecular flexibility index (Phi) is 7.55. The Bertz CT molecular complexity index is 350. The Labute approximate surface area is 139 Å². The Balaban J connectivity index is 0.000000158. The molecule has 2 bridgehead atoms. The summed E-state index contributed by atoms with van der Waals surface area (Å²) in [6, 6.07) is 24.0. The van der Waals surface area contributed by atoms with E-state index < -0.39 is 0 Å². The van der Waals surface area contributed by atoms with Crippen LogP contribution in [0.3, 0.4) is 0 Å². The van der Waals surface area contributed by atoms with Crippen LogP contribution in [0.4, 0.5) is 0 Å². The zero-order chi connectivity index (χ0) is 13.6. The van der Waals surface area contributed by atoms with Crippen molar-refractivity contribution >= 4 is 0 Å². The molecule has 0 aromatic heterocycles. The van der Waals surface area contributed by atoms with Crippen molar-refractivity contribution in [3.63, 3.8) is 0 Å². The van der Waals surface area contributed by atoms with Gasteiger partial charge in [0.15, 0.2) is 0 Å². The van der Waals surface area contributed by atoms with Crippen LogP contribution in [0.1, 0.15) is 26.2 Å². The van der Waals surface area contributed by atoms with E-state index in [2.05, 4.69) is 68.8 Å². The van der Waals surface area contributed by atoms with Gasteiger partial charge in [-0.05, 0) is 0 Å². The van der Waals surface area contributed by atoms with Gasteiger partial charge in [0.2, 0.25) is 0 Å². The van der Waals surface area contributed by atoms with Gasteiger partial charge in [-0.25, -0.2) is 0 Å². The molecule has 0 amide bonds. The van der Waals surface area contributed by atoms with E-state index in [1.165, 1.54) is 19.3 Å². The zero-order valence-corrected chi connectivity index (χ0v) is 13.3. The standard InChI is InChI=1S/C9H14.2C5H.Ti/c1-7-5-9(2)4-3-8(7)6-9;2*1-2-4-5-3-1;/h5,7-8H,1,3-4,6H2,2H3;2*1H;/q-2;2*-5;. The van der Waals surface area contributed by atoms with E-state index >= 15 is 0 Å². The summed E-state index contributed by atoms with van der Waals surface area (Å²) in [7, 11) is 0. The molecule has 2 saturated carbocycles. The maximum absolute atomic E-state index is 4.11. The minimum absolute atomic E-state index is 0. The van der Waals surface area contributed by atoms with Gasteiger partial charge in [-0.2, -0.15) is 5.41 Å². The minimum Gasteiger partial charge on any atom is -0.999 e. The molecule has 0 saturated heterocycles. The number of fused-ring (bicyclic) bond motifs is 2. The van der Waals surface area contributed by atoms with E-state index in [0.717, 1.165) is 5.92 Å². The fraction of sp³-hybridized carbons (Fsp3) is 0.368. The molecule has 2 aliphatic rings. The van der Waals surface area contributed by atoms with Crippen molar-refractivity contribution in [2.45, 2.75) is 26.2 Å². The van der Waals surface area contributed by atoms with Gasteiger partial charge in [0.25, 0.3) is 0 Å². The number of hydrogen-bond donors (Lipinski definition) is 0. The van der Waals surface area contributed by atoms with E-state index in [4.69, 9.17) is 0 Å². The van der Waals surface area contributed by atoms with Gasteiger partial charge in [0.05, 0.1) is 0 Å². The third-order valence-corrected chi connectivity index (χ3v) is 3.74. The first-order valence-corrected chi connectivity index (χ1v) is 6.54. The van der Waals surface area contributed by atoms with Crippen LogP contribution in [0.5, 0.6) is 0 Å². The average Bonchev–Trinajstić information content (AvgIpc) is 3.17. The predicted molar refractivity (Wildman–Crippen MR) is 73.4 cm³/mol. The van der Waals surface area contributed by atoms with Gasteiger partial charge in [0, 0.05) is 21.7 Å². The molecule has 0 nitrogen and oxygen atoms in total. The molecule has 2 aromatic rings. The first-order chi connectivity index (χ1) is 9.20. The molecule has 3 unspecified atom stereocenters. The SMILES string of the molecule is [CH2-]C1[CH-]C2(C)CCC1C2.[Ti].[c-]1[c-][c-][cH-][c-]1.[c-]1[c-][c-][cH-][c-]1. The fourth-order valence-corrected chi connectivity index (χ4v) is 2.85. The second-order valence-electron chi connectivity index (χ2n) is 5.35. The van der Waals surface area contributed by atoms with Crippen LogP contribution in [-0.2, 0) is 21.7 Å². The van der Waals surface area contributed by atoms with Crippen LogP contribution >= 0.6 is 0 Å². The van der Waals surface area contributed by atoms with Crippen LogP contribution in [0.25, 0.3) is 0 Å². The predicted octanol–water partition coefficient (Wildman–Crippen LogP) is 3.67. The molecule has 0 aliphatic heterocycles. The van der Waals surface area contributed by atoms with Gasteiger partial charge in [0.1, 0.15) is 0 Å². The summed E-state index contributed by atoms with van der Waals surface area (Å²) in [5.41, 5.74) is 0.594. The number of rotatable bonds is 0. The quantitative estimate of drug-likeness (QED) is 0.513. The smallest absolute Gasteiger partial charge is 0 e. The summed E-state index contributed by atoms with van der Waals surface area (Å²) >= 11 is 0. The Morgan fingerprint density at radius 3 is 1.65 bits per heavy atom. The summed E-state index contributed by atoms with van der Waals surface area (Å²) in [6.45, 7) is 6.48. The van der Waals surface area contributed by atoms with Crippen molar-refractivity contribution < 1.29 is 21.7 Å². The third kappa shape index (κ3) is 5.42. The summed E-state index contributed by atoms with van der Waals surface area (Å²) < 4.78 is 0.